The van der Waals surface area contributed by atoms with Crippen LogP contribution >= 0.6 is 0 Å². The summed E-state index contributed by atoms with van der Waals surface area (Å²) in [4.78, 5) is 17.3. The standard InChI is InChI=1S/C17H33N3O/c1-5-16-18-15(11-13(3)4)17(21)20(16)12-14-7-9-19(6-2)10-8-14/h13-16,18H,5-12H2,1-4H3. The van der Waals surface area contributed by atoms with Crippen LogP contribution in [0.5, 0.6) is 0 Å². The van der Waals surface area contributed by atoms with Gasteiger partial charge in [-0.3, -0.25) is 10.1 Å². The zero-order valence-electron chi connectivity index (χ0n) is 14.3. The lowest BCUT2D eigenvalue weighted by molar-refractivity contribution is -0.131. The molecule has 0 bridgehead atoms. The van der Waals surface area contributed by atoms with Crippen molar-refractivity contribution in [3.63, 3.8) is 0 Å². The van der Waals surface area contributed by atoms with E-state index in [1.807, 2.05) is 0 Å². The first-order chi connectivity index (χ1) is 10.0. The second kappa shape index (κ2) is 7.59. The van der Waals surface area contributed by atoms with Gasteiger partial charge in [0.2, 0.25) is 5.91 Å². The Hall–Kier alpha value is -0.610. The minimum atomic E-state index is 0.0469. The van der Waals surface area contributed by atoms with Crippen molar-refractivity contribution in [2.75, 3.05) is 26.2 Å². The number of hydrogen-bond donors (Lipinski definition) is 1. The van der Waals surface area contributed by atoms with Gasteiger partial charge < -0.3 is 9.80 Å². The third kappa shape index (κ3) is 4.19. The Bertz CT molecular complexity index is 337. The molecule has 2 aliphatic heterocycles. The third-order valence-corrected chi connectivity index (χ3v) is 5.05. The van der Waals surface area contributed by atoms with Crippen LogP contribution in [0.25, 0.3) is 0 Å². The van der Waals surface area contributed by atoms with Gasteiger partial charge in [0.05, 0.1) is 12.2 Å². The fourth-order valence-electron chi connectivity index (χ4n) is 3.71. The van der Waals surface area contributed by atoms with Crippen molar-refractivity contribution in [2.24, 2.45) is 11.8 Å². The lowest BCUT2D eigenvalue weighted by atomic mass is 9.95. The van der Waals surface area contributed by atoms with Crippen molar-refractivity contribution in [1.82, 2.24) is 15.1 Å². The van der Waals surface area contributed by atoms with Crippen LogP contribution in [0.3, 0.4) is 0 Å². The molecule has 21 heavy (non-hydrogen) atoms. The molecule has 2 rings (SSSR count). The number of piperidine rings is 1. The number of carbonyl (C=O) groups excluding carboxylic acids is 1. The largest absolute Gasteiger partial charge is 0.326 e. The van der Waals surface area contributed by atoms with Crippen LogP contribution in [0, 0.1) is 11.8 Å². The zero-order chi connectivity index (χ0) is 15.4. The predicted molar refractivity (Wildman–Crippen MR) is 87.0 cm³/mol. The molecule has 4 heteroatoms. The number of nitrogens with zero attached hydrogens (tertiary/aromatic N) is 2. The maximum Gasteiger partial charge on any atom is 0.241 e. The third-order valence-electron chi connectivity index (χ3n) is 5.05. The molecule has 2 unspecified atom stereocenters. The van der Waals surface area contributed by atoms with Gasteiger partial charge in [0, 0.05) is 6.54 Å². The fourth-order valence-corrected chi connectivity index (χ4v) is 3.71. The molecule has 2 fully saturated rings. The smallest absolute Gasteiger partial charge is 0.241 e. The minimum Gasteiger partial charge on any atom is -0.326 e. The van der Waals surface area contributed by atoms with Gasteiger partial charge in [-0.1, -0.05) is 27.7 Å². The molecule has 0 aromatic heterocycles. The summed E-state index contributed by atoms with van der Waals surface area (Å²) in [5.41, 5.74) is 0. The highest BCUT2D eigenvalue weighted by Crippen LogP contribution is 2.24. The maximum atomic E-state index is 12.7. The molecule has 0 aliphatic carbocycles. The molecular weight excluding hydrogens is 262 g/mol. The molecule has 1 amide bonds. The van der Waals surface area contributed by atoms with Gasteiger partial charge in [-0.25, -0.2) is 0 Å². The first-order valence-corrected chi connectivity index (χ1v) is 8.84. The first kappa shape index (κ1) is 16.8. The summed E-state index contributed by atoms with van der Waals surface area (Å²) in [6, 6.07) is 0.0469. The van der Waals surface area contributed by atoms with E-state index in [2.05, 4.69) is 42.8 Å². The van der Waals surface area contributed by atoms with Crippen LogP contribution in [-0.2, 0) is 4.79 Å². The molecule has 122 valence electrons. The normalized spacial score (nSPS) is 28.8. The average molecular weight is 295 g/mol. The Morgan fingerprint density at radius 2 is 1.90 bits per heavy atom. The number of hydrogen-bond acceptors (Lipinski definition) is 3. The summed E-state index contributed by atoms with van der Waals surface area (Å²) in [6.07, 6.45) is 4.70. The number of amides is 1. The van der Waals surface area contributed by atoms with Crippen LogP contribution in [0.15, 0.2) is 0 Å². The molecule has 0 aromatic carbocycles. The predicted octanol–water partition coefficient (Wildman–Crippen LogP) is 2.30. The van der Waals surface area contributed by atoms with E-state index in [-0.39, 0.29) is 12.2 Å². The van der Waals surface area contributed by atoms with Crippen molar-refractivity contribution in [1.29, 1.82) is 0 Å². The molecule has 0 saturated carbocycles. The SMILES string of the molecule is CCC1NC(CC(C)C)C(=O)N1CC1CCN(CC)CC1. The highest BCUT2D eigenvalue weighted by molar-refractivity contribution is 5.84. The fraction of sp³-hybridized carbons (Fsp3) is 0.941. The molecule has 1 N–H and O–H groups in total. The second-order valence-electron chi connectivity index (χ2n) is 7.14. The van der Waals surface area contributed by atoms with Crippen molar-refractivity contribution >= 4 is 5.91 Å². The molecule has 2 aliphatic rings. The van der Waals surface area contributed by atoms with E-state index >= 15 is 0 Å². The molecule has 0 radical (unpaired) electrons. The van der Waals surface area contributed by atoms with Gasteiger partial charge in [0.1, 0.15) is 0 Å². The van der Waals surface area contributed by atoms with E-state index in [0.29, 0.717) is 17.7 Å². The molecule has 2 heterocycles. The van der Waals surface area contributed by atoms with Gasteiger partial charge in [0.15, 0.2) is 0 Å². The van der Waals surface area contributed by atoms with Crippen molar-refractivity contribution in [3.8, 4) is 0 Å². The monoisotopic (exact) mass is 295 g/mol. The van der Waals surface area contributed by atoms with E-state index in [9.17, 15) is 4.79 Å². The Labute approximate surface area is 130 Å². The topological polar surface area (TPSA) is 35.6 Å². The summed E-state index contributed by atoms with van der Waals surface area (Å²) in [5.74, 6) is 1.59. The van der Waals surface area contributed by atoms with Gasteiger partial charge in [-0.15, -0.1) is 0 Å². The number of carbonyl (C=O) groups is 1. The highest BCUT2D eigenvalue weighted by atomic mass is 16.2. The van der Waals surface area contributed by atoms with E-state index in [1.54, 1.807) is 0 Å². The van der Waals surface area contributed by atoms with E-state index in [0.717, 1.165) is 25.9 Å². The maximum absolute atomic E-state index is 12.7. The van der Waals surface area contributed by atoms with Gasteiger partial charge in [-0.2, -0.15) is 0 Å². The molecule has 2 saturated heterocycles. The van der Waals surface area contributed by atoms with Gasteiger partial charge in [-0.05, 0) is 57.2 Å². The lowest BCUT2D eigenvalue weighted by Gasteiger charge is -2.34. The molecule has 2 atom stereocenters. The zero-order valence-corrected chi connectivity index (χ0v) is 14.3. The summed E-state index contributed by atoms with van der Waals surface area (Å²) in [5, 5.41) is 3.55. The lowest BCUT2D eigenvalue weighted by Crippen LogP contribution is -2.43. The molecular formula is C17H33N3O. The Balaban J connectivity index is 1.90. The molecule has 4 nitrogen and oxygen atoms in total. The van der Waals surface area contributed by atoms with Crippen LogP contribution < -0.4 is 5.32 Å². The van der Waals surface area contributed by atoms with Crippen LogP contribution in [-0.4, -0.2) is 54.1 Å². The van der Waals surface area contributed by atoms with E-state index < -0.39 is 0 Å². The van der Waals surface area contributed by atoms with Gasteiger partial charge in [0.25, 0.3) is 0 Å². The molecule has 0 aromatic rings. The second-order valence-corrected chi connectivity index (χ2v) is 7.14. The Morgan fingerprint density at radius 1 is 1.24 bits per heavy atom. The Kier molecular flexibility index (Phi) is 6.06. The highest BCUT2D eigenvalue weighted by Gasteiger charge is 2.39. The van der Waals surface area contributed by atoms with E-state index in [4.69, 9.17) is 0 Å². The van der Waals surface area contributed by atoms with Crippen LogP contribution in [0.1, 0.15) is 53.4 Å². The van der Waals surface area contributed by atoms with Crippen molar-refractivity contribution in [3.05, 3.63) is 0 Å². The summed E-state index contributed by atoms with van der Waals surface area (Å²) >= 11 is 0. The van der Waals surface area contributed by atoms with Crippen molar-refractivity contribution in [2.45, 2.75) is 65.6 Å². The first-order valence-electron chi connectivity index (χ1n) is 8.84. The number of rotatable bonds is 6. The van der Waals surface area contributed by atoms with Crippen LogP contribution in [0.4, 0.5) is 0 Å². The Morgan fingerprint density at radius 3 is 2.43 bits per heavy atom. The van der Waals surface area contributed by atoms with Crippen molar-refractivity contribution < 1.29 is 4.79 Å². The molecule has 0 spiro atoms. The summed E-state index contributed by atoms with van der Waals surface area (Å²) < 4.78 is 0. The van der Waals surface area contributed by atoms with Gasteiger partial charge >= 0.3 is 0 Å². The summed E-state index contributed by atoms with van der Waals surface area (Å²) in [7, 11) is 0. The number of nitrogens with one attached hydrogen (secondary N) is 1. The van der Waals surface area contributed by atoms with Crippen LogP contribution in [0.2, 0.25) is 0 Å². The summed E-state index contributed by atoms with van der Waals surface area (Å²) in [6.45, 7) is 13.3. The van der Waals surface area contributed by atoms with E-state index in [1.165, 1.54) is 25.9 Å². The minimum absolute atomic E-state index is 0.0469. The number of likely N-dealkylation sites (tertiary alicyclic amines) is 1. The quantitative estimate of drug-likeness (QED) is 0.817. The average Bonchev–Trinajstić information content (AvgIpc) is 2.76.